The first-order chi connectivity index (χ1) is 8.97. The summed E-state index contributed by atoms with van der Waals surface area (Å²) >= 11 is 0. The number of unbranched alkanes of at least 4 members (excludes halogenated alkanes) is 5. The first-order valence-corrected chi connectivity index (χ1v) is 8.24. The van der Waals surface area contributed by atoms with Crippen molar-refractivity contribution in [3.8, 4) is 0 Å². The molecule has 0 aromatic heterocycles. The zero-order chi connectivity index (χ0) is 14.3. The summed E-state index contributed by atoms with van der Waals surface area (Å²) in [5.74, 6) is 0.561. The number of hydrogen-bond acceptors (Lipinski definition) is 2. The van der Waals surface area contributed by atoms with Crippen LogP contribution in [0.1, 0.15) is 79.6 Å². The predicted molar refractivity (Wildman–Crippen MR) is 81.2 cm³/mol. The van der Waals surface area contributed by atoms with Gasteiger partial charge in [-0.05, 0) is 18.8 Å². The Hall–Kier alpha value is -0.0800. The molecule has 1 rings (SSSR count). The summed E-state index contributed by atoms with van der Waals surface area (Å²) in [5, 5.41) is 0. The molecule has 0 amide bonds. The van der Waals surface area contributed by atoms with Crippen molar-refractivity contribution < 1.29 is 9.47 Å². The molecule has 1 heterocycles. The van der Waals surface area contributed by atoms with Gasteiger partial charge in [-0.25, -0.2) is 0 Å². The zero-order valence-corrected chi connectivity index (χ0v) is 13.7. The molecule has 2 unspecified atom stereocenters. The highest BCUT2D eigenvalue weighted by Gasteiger charge is 2.39. The van der Waals surface area contributed by atoms with Gasteiger partial charge in [-0.1, -0.05) is 66.7 Å². The molecule has 0 saturated carbocycles. The van der Waals surface area contributed by atoms with Crippen molar-refractivity contribution in [2.45, 2.75) is 92.0 Å². The molecule has 114 valence electrons. The molecule has 0 radical (unpaired) electrons. The van der Waals surface area contributed by atoms with E-state index in [0.29, 0.717) is 12.0 Å². The van der Waals surface area contributed by atoms with Gasteiger partial charge >= 0.3 is 0 Å². The Morgan fingerprint density at radius 3 is 2.32 bits per heavy atom. The molecule has 19 heavy (non-hydrogen) atoms. The highest BCUT2D eigenvalue weighted by molar-refractivity contribution is 4.84. The molecule has 0 aliphatic carbocycles. The summed E-state index contributed by atoms with van der Waals surface area (Å²) in [7, 11) is 0. The van der Waals surface area contributed by atoms with E-state index in [9.17, 15) is 0 Å². The summed E-state index contributed by atoms with van der Waals surface area (Å²) < 4.78 is 12.0. The average molecular weight is 270 g/mol. The predicted octanol–water partition coefficient (Wildman–Crippen LogP) is 5.16. The summed E-state index contributed by atoms with van der Waals surface area (Å²) in [4.78, 5) is 0. The molecule has 0 aromatic carbocycles. The monoisotopic (exact) mass is 270 g/mol. The van der Waals surface area contributed by atoms with Gasteiger partial charge in [0.05, 0.1) is 12.7 Å². The standard InChI is InChI=1S/C17H34O2/c1-6-7-8-9-10-11-12-15-18-13-17(4,5)16(19-15)14(2)3/h14-16H,6-13H2,1-5H3. The van der Waals surface area contributed by atoms with Gasteiger partial charge in [0, 0.05) is 5.41 Å². The van der Waals surface area contributed by atoms with Crippen molar-refractivity contribution in [1.82, 2.24) is 0 Å². The Morgan fingerprint density at radius 2 is 1.68 bits per heavy atom. The summed E-state index contributed by atoms with van der Waals surface area (Å²) in [6.07, 6.45) is 9.41. The quantitative estimate of drug-likeness (QED) is 0.567. The van der Waals surface area contributed by atoms with E-state index < -0.39 is 0 Å². The van der Waals surface area contributed by atoms with Crippen LogP contribution in [0.3, 0.4) is 0 Å². The van der Waals surface area contributed by atoms with Crippen LogP contribution in [0.15, 0.2) is 0 Å². The van der Waals surface area contributed by atoms with E-state index in [1.165, 1.54) is 38.5 Å². The maximum Gasteiger partial charge on any atom is 0.158 e. The maximum absolute atomic E-state index is 6.17. The van der Waals surface area contributed by atoms with Crippen LogP contribution >= 0.6 is 0 Å². The van der Waals surface area contributed by atoms with Crippen molar-refractivity contribution in [3.63, 3.8) is 0 Å². The molecule has 2 atom stereocenters. The molecule has 0 N–H and O–H groups in total. The first-order valence-electron chi connectivity index (χ1n) is 8.24. The largest absolute Gasteiger partial charge is 0.352 e. The third-order valence-electron chi connectivity index (χ3n) is 4.11. The topological polar surface area (TPSA) is 18.5 Å². The van der Waals surface area contributed by atoms with Crippen LogP contribution in [-0.4, -0.2) is 19.0 Å². The fraction of sp³-hybridized carbons (Fsp3) is 1.00. The van der Waals surface area contributed by atoms with Gasteiger partial charge < -0.3 is 9.47 Å². The van der Waals surface area contributed by atoms with Gasteiger partial charge in [0.25, 0.3) is 0 Å². The van der Waals surface area contributed by atoms with Crippen LogP contribution in [-0.2, 0) is 9.47 Å². The van der Waals surface area contributed by atoms with Crippen molar-refractivity contribution in [1.29, 1.82) is 0 Å². The molecule has 0 spiro atoms. The summed E-state index contributed by atoms with van der Waals surface area (Å²) in [5.41, 5.74) is 0.145. The second kappa shape index (κ2) is 8.26. The van der Waals surface area contributed by atoms with Gasteiger partial charge in [-0.15, -0.1) is 0 Å². The minimum atomic E-state index is 0.0339. The first kappa shape index (κ1) is 17.0. The smallest absolute Gasteiger partial charge is 0.158 e. The Bertz CT molecular complexity index is 235. The lowest BCUT2D eigenvalue weighted by Gasteiger charge is -2.44. The van der Waals surface area contributed by atoms with E-state index in [2.05, 4.69) is 34.6 Å². The highest BCUT2D eigenvalue weighted by atomic mass is 16.7. The molecular weight excluding hydrogens is 236 g/mol. The minimum Gasteiger partial charge on any atom is -0.352 e. The van der Waals surface area contributed by atoms with Crippen LogP contribution in [0.5, 0.6) is 0 Å². The van der Waals surface area contributed by atoms with E-state index in [1.807, 2.05) is 0 Å². The SMILES string of the molecule is CCCCCCCCC1OCC(C)(C)C(C(C)C)O1. The Kier molecular flexibility index (Phi) is 7.38. The summed E-state index contributed by atoms with van der Waals surface area (Å²) in [6, 6.07) is 0. The lowest BCUT2D eigenvalue weighted by molar-refractivity contribution is -0.271. The van der Waals surface area contributed by atoms with Gasteiger partial charge in [0.1, 0.15) is 0 Å². The number of hydrogen-bond donors (Lipinski definition) is 0. The molecule has 2 heteroatoms. The van der Waals surface area contributed by atoms with Gasteiger partial charge in [-0.2, -0.15) is 0 Å². The van der Waals surface area contributed by atoms with Crippen molar-refractivity contribution in [2.75, 3.05) is 6.61 Å². The third-order valence-corrected chi connectivity index (χ3v) is 4.11. The fourth-order valence-electron chi connectivity index (χ4n) is 3.08. The van der Waals surface area contributed by atoms with Gasteiger partial charge in [0.15, 0.2) is 6.29 Å². The number of rotatable bonds is 8. The number of ether oxygens (including phenoxy) is 2. The van der Waals surface area contributed by atoms with Gasteiger partial charge in [0.2, 0.25) is 0 Å². The average Bonchev–Trinajstić information content (AvgIpc) is 2.34. The van der Waals surface area contributed by atoms with E-state index in [-0.39, 0.29) is 11.7 Å². The van der Waals surface area contributed by atoms with E-state index in [1.54, 1.807) is 0 Å². The van der Waals surface area contributed by atoms with Crippen LogP contribution in [0.4, 0.5) is 0 Å². The lowest BCUT2D eigenvalue weighted by Crippen LogP contribution is -2.48. The minimum absolute atomic E-state index is 0.0339. The maximum atomic E-state index is 6.17. The molecule has 1 saturated heterocycles. The van der Waals surface area contributed by atoms with Crippen molar-refractivity contribution >= 4 is 0 Å². The molecule has 0 aromatic rings. The van der Waals surface area contributed by atoms with Gasteiger partial charge in [-0.3, -0.25) is 0 Å². The van der Waals surface area contributed by atoms with Crippen LogP contribution < -0.4 is 0 Å². The van der Waals surface area contributed by atoms with Crippen molar-refractivity contribution in [3.05, 3.63) is 0 Å². The second-order valence-corrected chi connectivity index (χ2v) is 7.09. The fourth-order valence-corrected chi connectivity index (χ4v) is 3.08. The van der Waals surface area contributed by atoms with Crippen molar-refractivity contribution in [2.24, 2.45) is 11.3 Å². The normalized spacial score (nSPS) is 26.8. The van der Waals surface area contributed by atoms with Crippen LogP contribution in [0, 0.1) is 11.3 Å². The molecular formula is C17H34O2. The van der Waals surface area contributed by atoms with E-state index in [4.69, 9.17) is 9.47 Å². The van der Waals surface area contributed by atoms with E-state index in [0.717, 1.165) is 13.0 Å². The molecule has 0 bridgehead atoms. The molecule has 1 aliphatic heterocycles. The van der Waals surface area contributed by atoms with Crippen LogP contribution in [0.25, 0.3) is 0 Å². The third kappa shape index (κ3) is 5.83. The molecule has 2 nitrogen and oxygen atoms in total. The zero-order valence-electron chi connectivity index (χ0n) is 13.7. The summed E-state index contributed by atoms with van der Waals surface area (Å²) in [6.45, 7) is 12.1. The Balaban J connectivity index is 2.22. The molecule has 1 aliphatic rings. The highest BCUT2D eigenvalue weighted by Crippen LogP contribution is 2.35. The lowest BCUT2D eigenvalue weighted by atomic mass is 9.80. The Morgan fingerprint density at radius 1 is 1.05 bits per heavy atom. The van der Waals surface area contributed by atoms with E-state index >= 15 is 0 Å². The molecule has 1 fully saturated rings. The Labute approximate surface area is 120 Å². The second-order valence-electron chi connectivity index (χ2n) is 7.09. The van der Waals surface area contributed by atoms with Crippen LogP contribution in [0.2, 0.25) is 0 Å².